The van der Waals surface area contributed by atoms with Crippen LogP contribution in [0.5, 0.6) is 5.75 Å². The maximum Gasteiger partial charge on any atom is 0.129 e. The maximum atomic E-state index is 9.54. The van der Waals surface area contributed by atoms with Crippen LogP contribution in [-0.2, 0) is 0 Å². The summed E-state index contributed by atoms with van der Waals surface area (Å²) in [4.78, 5) is 0.972. The molecule has 0 spiro atoms. The van der Waals surface area contributed by atoms with Crippen molar-refractivity contribution < 1.29 is 5.11 Å². The number of phenols is 1. The molecule has 0 aromatic heterocycles. The van der Waals surface area contributed by atoms with Crippen LogP contribution in [0.4, 0.5) is 0 Å². The highest BCUT2D eigenvalue weighted by Gasteiger charge is 2.01. The summed E-state index contributed by atoms with van der Waals surface area (Å²) >= 11 is 7.27. The number of halogens is 1. The lowest BCUT2D eigenvalue weighted by molar-refractivity contribution is 0.462. The Morgan fingerprint density at radius 1 is 1.36 bits per heavy atom. The Labute approximate surface area is 94.5 Å². The standard InChI is InChI=1S/C11H15ClOS/c1-9-4-5-10(13)11(8-9)14-7-3-2-6-12/h4-5,8,13H,2-3,6-7H2,1H3. The summed E-state index contributed by atoms with van der Waals surface area (Å²) in [5, 5.41) is 9.54. The summed E-state index contributed by atoms with van der Waals surface area (Å²) in [7, 11) is 0. The van der Waals surface area contributed by atoms with Gasteiger partial charge in [-0.3, -0.25) is 0 Å². The first-order valence-corrected chi connectivity index (χ1v) is 6.24. The normalized spacial score (nSPS) is 10.4. The largest absolute Gasteiger partial charge is 0.507 e. The van der Waals surface area contributed by atoms with E-state index in [2.05, 4.69) is 0 Å². The van der Waals surface area contributed by atoms with E-state index < -0.39 is 0 Å². The Morgan fingerprint density at radius 3 is 2.86 bits per heavy atom. The predicted octanol–water partition coefficient (Wildman–Crippen LogP) is 3.81. The SMILES string of the molecule is Cc1ccc(O)c(SCCCCCl)c1. The lowest BCUT2D eigenvalue weighted by Crippen LogP contribution is -1.83. The summed E-state index contributed by atoms with van der Waals surface area (Å²) in [5.41, 5.74) is 1.18. The smallest absolute Gasteiger partial charge is 0.129 e. The molecule has 0 bridgehead atoms. The first kappa shape index (κ1) is 11.7. The lowest BCUT2D eigenvalue weighted by Gasteiger charge is -2.04. The van der Waals surface area contributed by atoms with Gasteiger partial charge in [0.1, 0.15) is 5.75 Å². The van der Waals surface area contributed by atoms with Crippen molar-refractivity contribution in [3.05, 3.63) is 23.8 Å². The molecule has 0 heterocycles. The molecule has 0 saturated heterocycles. The van der Waals surface area contributed by atoms with Gasteiger partial charge in [-0.05, 0) is 43.2 Å². The molecule has 0 radical (unpaired) electrons. The number of unbranched alkanes of at least 4 members (excludes halogenated alkanes) is 1. The van der Waals surface area contributed by atoms with Crippen LogP contribution >= 0.6 is 23.4 Å². The van der Waals surface area contributed by atoms with Crippen LogP contribution in [0.1, 0.15) is 18.4 Å². The highest BCUT2D eigenvalue weighted by Crippen LogP contribution is 2.29. The van der Waals surface area contributed by atoms with E-state index in [0.717, 1.165) is 29.4 Å². The average molecular weight is 231 g/mol. The third kappa shape index (κ3) is 3.81. The summed E-state index contributed by atoms with van der Waals surface area (Å²) in [6.07, 6.45) is 2.14. The van der Waals surface area contributed by atoms with Crippen LogP contribution in [0.15, 0.2) is 23.1 Å². The average Bonchev–Trinajstić information content (AvgIpc) is 2.18. The molecule has 0 saturated carbocycles. The van der Waals surface area contributed by atoms with E-state index in [1.54, 1.807) is 17.8 Å². The monoisotopic (exact) mass is 230 g/mol. The first-order valence-electron chi connectivity index (χ1n) is 4.72. The lowest BCUT2D eigenvalue weighted by atomic mass is 10.2. The molecule has 1 rings (SSSR count). The van der Waals surface area contributed by atoms with Gasteiger partial charge in [-0.15, -0.1) is 23.4 Å². The van der Waals surface area contributed by atoms with Crippen LogP contribution in [0.25, 0.3) is 0 Å². The molecule has 0 atom stereocenters. The van der Waals surface area contributed by atoms with Crippen molar-refractivity contribution in [2.24, 2.45) is 0 Å². The van der Waals surface area contributed by atoms with E-state index in [1.807, 2.05) is 19.1 Å². The molecule has 0 unspecified atom stereocenters. The number of aromatic hydroxyl groups is 1. The summed E-state index contributed by atoms with van der Waals surface area (Å²) < 4.78 is 0. The maximum absolute atomic E-state index is 9.54. The fraction of sp³-hybridized carbons (Fsp3) is 0.455. The molecule has 14 heavy (non-hydrogen) atoms. The Hall–Kier alpha value is -0.340. The molecule has 3 heteroatoms. The highest BCUT2D eigenvalue weighted by atomic mass is 35.5. The molecule has 0 aliphatic heterocycles. The fourth-order valence-corrected chi connectivity index (χ4v) is 2.36. The van der Waals surface area contributed by atoms with Gasteiger partial charge < -0.3 is 5.11 Å². The van der Waals surface area contributed by atoms with Crippen molar-refractivity contribution in [3.8, 4) is 5.75 Å². The molecule has 1 N–H and O–H groups in total. The van der Waals surface area contributed by atoms with E-state index in [-0.39, 0.29) is 0 Å². The van der Waals surface area contributed by atoms with E-state index >= 15 is 0 Å². The molecule has 1 nitrogen and oxygen atoms in total. The van der Waals surface area contributed by atoms with Crippen LogP contribution in [-0.4, -0.2) is 16.7 Å². The molecule has 0 aliphatic rings. The van der Waals surface area contributed by atoms with Crippen LogP contribution < -0.4 is 0 Å². The molecular formula is C11H15ClOS. The van der Waals surface area contributed by atoms with Gasteiger partial charge in [-0.25, -0.2) is 0 Å². The molecule has 1 aromatic carbocycles. The molecule has 78 valence electrons. The minimum atomic E-state index is 0.381. The molecule has 0 amide bonds. The van der Waals surface area contributed by atoms with Crippen LogP contribution in [0.3, 0.4) is 0 Å². The van der Waals surface area contributed by atoms with Crippen molar-refractivity contribution in [1.82, 2.24) is 0 Å². The molecule has 0 fully saturated rings. The van der Waals surface area contributed by atoms with Crippen molar-refractivity contribution in [3.63, 3.8) is 0 Å². The number of alkyl halides is 1. The van der Waals surface area contributed by atoms with Crippen molar-refractivity contribution in [1.29, 1.82) is 0 Å². The summed E-state index contributed by atoms with van der Waals surface area (Å²) in [6.45, 7) is 2.03. The quantitative estimate of drug-likeness (QED) is 0.472. The van der Waals surface area contributed by atoms with Crippen LogP contribution in [0.2, 0.25) is 0 Å². The number of phenolic OH excluding ortho intramolecular Hbond substituents is 1. The minimum Gasteiger partial charge on any atom is -0.507 e. The Balaban J connectivity index is 2.45. The highest BCUT2D eigenvalue weighted by molar-refractivity contribution is 7.99. The zero-order valence-electron chi connectivity index (χ0n) is 8.29. The Bertz CT molecular complexity index is 289. The Kier molecular flexibility index (Phi) is 5.20. The van der Waals surface area contributed by atoms with Gasteiger partial charge in [-0.2, -0.15) is 0 Å². The van der Waals surface area contributed by atoms with E-state index in [0.29, 0.717) is 5.75 Å². The summed E-state index contributed by atoms with van der Waals surface area (Å²) in [5.74, 6) is 2.12. The van der Waals surface area contributed by atoms with Crippen molar-refractivity contribution in [2.45, 2.75) is 24.7 Å². The molecular weight excluding hydrogens is 216 g/mol. The molecule has 0 aliphatic carbocycles. The minimum absolute atomic E-state index is 0.381. The van der Waals surface area contributed by atoms with Gasteiger partial charge in [0.05, 0.1) is 0 Å². The van der Waals surface area contributed by atoms with Crippen LogP contribution in [0, 0.1) is 6.92 Å². The van der Waals surface area contributed by atoms with Gasteiger partial charge in [-0.1, -0.05) is 6.07 Å². The fourth-order valence-electron chi connectivity index (χ4n) is 1.12. The van der Waals surface area contributed by atoms with Crippen molar-refractivity contribution >= 4 is 23.4 Å². The van der Waals surface area contributed by atoms with Gasteiger partial charge in [0.15, 0.2) is 0 Å². The second-order valence-corrected chi connectivity index (χ2v) is 4.73. The zero-order chi connectivity index (χ0) is 10.4. The van der Waals surface area contributed by atoms with Gasteiger partial charge in [0.25, 0.3) is 0 Å². The van der Waals surface area contributed by atoms with Crippen molar-refractivity contribution in [2.75, 3.05) is 11.6 Å². The molecule has 1 aromatic rings. The van der Waals surface area contributed by atoms with E-state index in [1.165, 1.54) is 5.56 Å². The van der Waals surface area contributed by atoms with Gasteiger partial charge >= 0.3 is 0 Å². The number of hydrogen-bond donors (Lipinski definition) is 1. The van der Waals surface area contributed by atoms with Gasteiger partial charge in [0, 0.05) is 10.8 Å². The van der Waals surface area contributed by atoms with E-state index in [9.17, 15) is 5.11 Å². The van der Waals surface area contributed by atoms with E-state index in [4.69, 9.17) is 11.6 Å². The zero-order valence-corrected chi connectivity index (χ0v) is 9.87. The Morgan fingerprint density at radius 2 is 2.14 bits per heavy atom. The topological polar surface area (TPSA) is 20.2 Å². The number of thioether (sulfide) groups is 1. The van der Waals surface area contributed by atoms with Gasteiger partial charge in [0.2, 0.25) is 0 Å². The third-order valence-corrected chi connectivity index (χ3v) is 3.30. The second-order valence-electron chi connectivity index (χ2n) is 3.22. The first-order chi connectivity index (χ1) is 6.74. The summed E-state index contributed by atoms with van der Waals surface area (Å²) in [6, 6.07) is 5.68. The number of rotatable bonds is 5. The number of aryl methyl sites for hydroxylation is 1. The third-order valence-electron chi connectivity index (χ3n) is 1.90. The number of benzene rings is 1. The second kappa shape index (κ2) is 6.20. The predicted molar refractivity (Wildman–Crippen MR) is 63.5 cm³/mol. The number of hydrogen-bond acceptors (Lipinski definition) is 2.